The maximum atomic E-state index is 11.7. The number of carbonyl (C=O) groups is 1. The number of rotatable bonds is 3. The maximum absolute atomic E-state index is 11.7. The molecule has 0 saturated carbocycles. The van der Waals surface area contributed by atoms with Crippen LogP contribution in [-0.2, 0) is 0 Å². The van der Waals surface area contributed by atoms with Crippen molar-refractivity contribution in [1.29, 1.82) is 0 Å². The summed E-state index contributed by atoms with van der Waals surface area (Å²) < 4.78 is 0.799. The Balaban J connectivity index is 2.77. The van der Waals surface area contributed by atoms with Crippen molar-refractivity contribution >= 4 is 33.4 Å². The van der Waals surface area contributed by atoms with E-state index in [9.17, 15) is 4.79 Å². The summed E-state index contributed by atoms with van der Waals surface area (Å²) in [6.45, 7) is 4.27. The van der Waals surface area contributed by atoms with E-state index in [-0.39, 0.29) is 11.3 Å². The van der Waals surface area contributed by atoms with Crippen molar-refractivity contribution in [3.63, 3.8) is 0 Å². The van der Waals surface area contributed by atoms with E-state index in [2.05, 4.69) is 21.2 Å². The van der Waals surface area contributed by atoms with E-state index in [1.807, 2.05) is 32.0 Å². The molecule has 0 heterocycles. The highest BCUT2D eigenvalue weighted by Crippen LogP contribution is 2.17. The van der Waals surface area contributed by atoms with Crippen LogP contribution in [0.4, 0.5) is 0 Å². The standard InChI is InChI=1S/C11H13BrClNO/c1-7-3-4-10(12)9(5-7)11(15)14-6-8(2)13/h3-5,8H,6H2,1-2H3,(H,14,15). The van der Waals surface area contributed by atoms with Crippen molar-refractivity contribution in [2.24, 2.45) is 0 Å². The van der Waals surface area contributed by atoms with Crippen molar-refractivity contribution in [1.82, 2.24) is 5.32 Å². The fraction of sp³-hybridized carbons (Fsp3) is 0.364. The second-order valence-electron chi connectivity index (χ2n) is 3.47. The van der Waals surface area contributed by atoms with Crippen LogP contribution in [0.25, 0.3) is 0 Å². The topological polar surface area (TPSA) is 29.1 Å². The summed E-state index contributed by atoms with van der Waals surface area (Å²) in [5, 5.41) is 2.71. The molecule has 0 aliphatic heterocycles. The molecule has 1 rings (SSSR count). The highest BCUT2D eigenvalue weighted by molar-refractivity contribution is 9.10. The lowest BCUT2D eigenvalue weighted by Crippen LogP contribution is -2.28. The molecule has 4 heteroatoms. The molecule has 15 heavy (non-hydrogen) atoms. The first-order valence-corrected chi connectivity index (χ1v) is 5.92. The van der Waals surface area contributed by atoms with E-state index in [1.54, 1.807) is 0 Å². The van der Waals surface area contributed by atoms with E-state index in [4.69, 9.17) is 11.6 Å². The Hall–Kier alpha value is -0.540. The number of hydrogen-bond acceptors (Lipinski definition) is 1. The molecule has 2 nitrogen and oxygen atoms in total. The molecule has 1 atom stereocenters. The van der Waals surface area contributed by atoms with Crippen LogP contribution < -0.4 is 5.32 Å². The molecule has 1 N–H and O–H groups in total. The summed E-state index contributed by atoms with van der Waals surface area (Å²) >= 11 is 9.10. The summed E-state index contributed by atoms with van der Waals surface area (Å²) in [7, 11) is 0. The number of benzene rings is 1. The average Bonchev–Trinajstić information content (AvgIpc) is 2.18. The molecule has 0 bridgehead atoms. The molecule has 1 unspecified atom stereocenters. The van der Waals surface area contributed by atoms with Crippen LogP contribution in [0.3, 0.4) is 0 Å². The monoisotopic (exact) mass is 289 g/mol. The van der Waals surface area contributed by atoms with Gasteiger partial charge in [-0.15, -0.1) is 11.6 Å². The van der Waals surface area contributed by atoms with Crippen LogP contribution in [0.2, 0.25) is 0 Å². The summed E-state index contributed by atoms with van der Waals surface area (Å²) in [5.74, 6) is -0.0990. The van der Waals surface area contributed by atoms with Crippen LogP contribution in [-0.4, -0.2) is 17.8 Å². The SMILES string of the molecule is Cc1ccc(Br)c(C(=O)NCC(C)Cl)c1. The van der Waals surface area contributed by atoms with Crippen molar-refractivity contribution < 1.29 is 4.79 Å². The van der Waals surface area contributed by atoms with Gasteiger partial charge in [0.15, 0.2) is 0 Å². The van der Waals surface area contributed by atoms with E-state index in [1.165, 1.54) is 0 Å². The predicted molar refractivity (Wildman–Crippen MR) is 66.5 cm³/mol. The molecule has 0 radical (unpaired) electrons. The van der Waals surface area contributed by atoms with Crippen LogP contribution in [0.5, 0.6) is 0 Å². The van der Waals surface area contributed by atoms with Crippen LogP contribution in [0.1, 0.15) is 22.8 Å². The summed E-state index contributed by atoms with van der Waals surface area (Å²) in [5.41, 5.74) is 1.70. The zero-order valence-corrected chi connectivity index (χ0v) is 11.0. The second-order valence-corrected chi connectivity index (χ2v) is 5.07. The quantitative estimate of drug-likeness (QED) is 0.852. The number of hydrogen-bond donors (Lipinski definition) is 1. The van der Waals surface area contributed by atoms with E-state index in [0.717, 1.165) is 10.0 Å². The molecule has 0 aromatic heterocycles. The van der Waals surface area contributed by atoms with Gasteiger partial charge in [0.05, 0.1) is 5.56 Å². The molecule has 0 spiro atoms. The normalized spacial score (nSPS) is 12.3. The molecule has 0 aliphatic rings. The van der Waals surface area contributed by atoms with Crippen molar-refractivity contribution in [3.05, 3.63) is 33.8 Å². The number of halogens is 2. The molecule has 0 aliphatic carbocycles. The molecule has 0 fully saturated rings. The maximum Gasteiger partial charge on any atom is 0.252 e. The Labute approximate surface area is 103 Å². The highest BCUT2D eigenvalue weighted by atomic mass is 79.9. The molecule has 82 valence electrons. The van der Waals surface area contributed by atoms with Gasteiger partial charge < -0.3 is 5.32 Å². The van der Waals surface area contributed by atoms with Crippen molar-refractivity contribution in [2.45, 2.75) is 19.2 Å². The molecular formula is C11H13BrClNO. The van der Waals surface area contributed by atoms with Crippen molar-refractivity contribution in [2.75, 3.05) is 6.54 Å². The van der Waals surface area contributed by atoms with E-state index in [0.29, 0.717) is 12.1 Å². The number of aryl methyl sites for hydroxylation is 1. The lowest BCUT2D eigenvalue weighted by atomic mass is 10.1. The third kappa shape index (κ3) is 3.84. The van der Waals surface area contributed by atoms with Gasteiger partial charge in [-0.1, -0.05) is 11.6 Å². The number of carbonyl (C=O) groups excluding carboxylic acids is 1. The lowest BCUT2D eigenvalue weighted by molar-refractivity contribution is 0.0953. The van der Waals surface area contributed by atoms with Gasteiger partial charge in [0.25, 0.3) is 5.91 Å². The fourth-order valence-electron chi connectivity index (χ4n) is 1.14. The summed E-state index contributed by atoms with van der Waals surface area (Å²) in [4.78, 5) is 11.7. The minimum Gasteiger partial charge on any atom is -0.351 e. The van der Waals surface area contributed by atoms with Gasteiger partial charge in [-0.2, -0.15) is 0 Å². The fourth-order valence-corrected chi connectivity index (χ4v) is 1.65. The average molecular weight is 291 g/mol. The largest absolute Gasteiger partial charge is 0.351 e. The highest BCUT2D eigenvalue weighted by Gasteiger charge is 2.10. The first-order chi connectivity index (χ1) is 7.00. The predicted octanol–water partition coefficient (Wildman–Crippen LogP) is 3.11. The summed E-state index contributed by atoms with van der Waals surface area (Å²) in [6, 6.07) is 5.66. The number of amides is 1. The van der Waals surface area contributed by atoms with Gasteiger partial charge in [0.2, 0.25) is 0 Å². The second kappa shape index (κ2) is 5.52. The van der Waals surface area contributed by atoms with E-state index >= 15 is 0 Å². The minimum absolute atomic E-state index is 0.0578. The zero-order valence-electron chi connectivity index (χ0n) is 8.68. The third-order valence-electron chi connectivity index (χ3n) is 1.91. The Kier molecular flexibility index (Phi) is 4.61. The Bertz CT molecular complexity index is 366. The summed E-state index contributed by atoms with van der Waals surface area (Å²) in [6.07, 6.45) is 0. The molecule has 1 amide bonds. The smallest absolute Gasteiger partial charge is 0.252 e. The van der Waals surface area contributed by atoms with Gasteiger partial charge in [-0.25, -0.2) is 0 Å². The van der Waals surface area contributed by atoms with Crippen LogP contribution >= 0.6 is 27.5 Å². The molecule has 1 aromatic rings. The first kappa shape index (κ1) is 12.5. The Morgan fingerprint density at radius 1 is 1.60 bits per heavy atom. The van der Waals surface area contributed by atoms with Gasteiger partial charge in [-0.05, 0) is 41.9 Å². The van der Waals surface area contributed by atoms with Crippen LogP contribution in [0, 0.1) is 6.92 Å². The Morgan fingerprint density at radius 3 is 2.87 bits per heavy atom. The molecule has 0 saturated heterocycles. The van der Waals surface area contributed by atoms with Crippen molar-refractivity contribution in [3.8, 4) is 0 Å². The molecular weight excluding hydrogens is 277 g/mol. The number of nitrogens with one attached hydrogen (secondary N) is 1. The van der Waals surface area contributed by atoms with Gasteiger partial charge in [-0.3, -0.25) is 4.79 Å². The molecule has 1 aromatic carbocycles. The minimum atomic E-state index is -0.0990. The number of alkyl halides is 1. The van der Waals surface area contributed by atoms with Crippen LogP contribution in [0.15, 0.2) is 22.7 Å². The third-order valence-corrected chi connectivity index (χ3v) is 2.76. The lowest BCUT2D eigenvalue weighted by Gasteiger charge is -2.08. The Morgan fingerprint density at radius 2 is 2.27 bits per heavy atom. The zero-order chi connectivity index (χ0) is 11.4. The first-order valence-electron chi connectivity index (χ1n) is 4.69. The van der Waals surface area contributed by atoms with Gasteiger partial charge in [0.1, 0.15) is 0 Å². The van der Waals surface area contributed by atoms with E-state index < -0.39 is 0 Å². The van der Waals surface area contributed by atoms with Gasteiger partial charge in [0, 0.05) is 16.4 Å². The van der Waals surface area contributed by atoms with Gasteiger partial charge >= 0.3 is 0 Å².